The van der Waals surface area contributed by atoms with Crippen LogP contribution in [0.3, 0.4) is 0 Å². The molecule has 0 aromatic heterocycles. The summed E-state index contributed by atoms with van der Waals surface area (Å²) in [6.07, 6.45) is 4.93. The molecule has 6 nitrogen and oxygen atoms in total. The molecule has 10 atom stereocenters. The molecule has 2 saturated heterocycles. The molecule has 5 aliphatic carbocycles. The summed E-state index contributed by atoms with van der Waals surface area (Å²) in [5.74, 6) is -2.62. The Kier molecular flexibility index (Phi) is 1.93. The summed E-state index contributed by atoms with van der Waals surface area (Å²) in [5, 5.41) is 0. The molecular weight excluding hydrogens is 300 g/mol. The molecule has 118 valence electrons. The number of hydrogen-bond acceptors (Lipinski definition) is 6. The number of rotatable bonds is 0. The van der Waals surface area contributed by atoms with Gasteiger partial charge in [0.05, 0.1) is 23.7 Å². The highest BCUT2D eigenvalue weighted by atomic mass is 16.6. The van der Waals surface area contributed by atoms with E-state index in [0.29, 0.717) is 0 Å². The number of allylic oxidation sites excluding steroid dienone is 2. The predicted octanol–water partition coefficient (Wildman–Crippen LogP) is 0.316. The van der Waals surface area contributed by atoms with Gasteiger partial charge in [0.25, 0.3) is 0 Å². The van der Waals surface area contributed by atoms with Crippen LogP contribution < -0.4 is 0 Å². The summed E-state index contributed by atoms with van der Waals surface area (Å²) in [7, 11) is 0. The molecule has 23 heavy (non-hydrogen) atoms. The lowest BCUT2D eigenvalue weighted by atomic mass is 9.48. The molecule has 0 amide bonds. The third-order valence-corrected chi connectivity index (χ3v) is 7.44. The molecule has 4 bridgehead atoms. The average molecular weight is 314 g/mol. The number of hydrogen-bond donors (Lipinski definition) is 0. The summed E-state index contributed by atoms with van der Waals surface area (Å²) >= 11 is 0. The Morgan fingerprint density at radius 1 is 0.652 bits per heavy atom. The van der Waals surface area contributed by atoms with Crippen LogP contribution in [0.2, 0.25) is 0 Å². The van der Waals surface area contributed by atoms with E-state index in [1.807, 2.05) is 12.2 Å². The molecule has 0 aromatic rings. The maximum absolute atomic E-state index is 12.1. The van der Waals surface area contributed by atoms with Gasteiger partial charge in [0.15, 0.2) is 0 Å². The molecule has 7 aliphatic rings. The number of ether oxygens (including phenoxy) is 2. The highest BCUT2D eigenvalue weighted by molar-refractivity contribution is 5.99. The smallest absolute Gasteiger partial charge is 0.318 e. The Morgan fingerprint density at radius 3 is 1.48 bits per heavy atom. The Labute approximate surface area is 131 Å². The second-order valence-corrected chi connectivity index (χ2v) is 7.84. The van der Waals surface area contributed by atoms with Gasteiger partial charge in [0.2, 0.25) is 0 Å². The fourth-order valence-electron chi connectivity index (χ4n) is 7.02. The van der Waals surface area contributed by atoms with Crippen LogP contribution in [0.25, 0.3) is 0 Å². The Hall–Kier alpha value is -1.98. The summed E-state index contributed by atoms with van der Waals surface area (Å²) in [6, 6.07) is 0. The van der Waals surface area contributed by atoms with E-state index >= 15 is 0 Å². The fraction of sp³-hybridized carbons (Fsp3) is 0.647. The van der Waals surface area contributed by atoms with E-state index in [-0.39, 0.29) is 47.3 Å². The molecular formula is C17H14O6. The van der Waals surface area contributed by atoms with Crippen LogP contribution in [-0.2, 0) is 28.7 Å². The first kappa shape index (κ1) is 12.4. The predicted molar refractivity (Wildman–Crippen MR) is 70.9 cm³/mol. The van der Waals surface area contributed by atoms with Gasteiger partial charge in [-0.15, -0.1) is 0 Å². The SMILES string of the molecule is O=C1OC(=O)C2C3C=CC(C12)C1C2CC(C4C(=O)OC(=O)C24)C31. The third-order valence-electron chi connectivity index (χ3n) is 7.44. The van der Waals surface area contributed by atoms with E-state index < -0.39 is 35.7 Å². The highest BCUT2D eigenvalue weighted by Crippen LogP contribution is 2.70. The van der Waals surface area contributed by atoms with Crippen LogP contribution in [0.1, 0.15) is 6.42 Å². The molecule has 5 fully saturated rings. The number of esters is 4. The van der Waals surface area contributed by atoms with E-state index in [9.17, 15) is 19.2 Å². The topological polar surface area (TPSA) is 86.7 Å². The van der Waals surface area contributed by atoms with Crippen LogP contribution in [-0.4, -0.2) is 23.9 Å². The third kappa shape index (κ3) is 1.16. The Balaban J connectivity index is 1.49. The Morgan fingerprint density at radius 2 is 1.04 bits per heavy atom. The van der Waals surface area contributed by atoms with Gasteiger partial charge < -0.3 is 9.47 Å². The van der Waals surface area contributed by atoms with Crippen molar-refractivity contribution in [1.82, 2.24) is 0 Å². The molecule has 0 N–H and O–H groups in total. The van der Waals surface area contributed by atoms with Gasteiger partial charge in [-0.3, -0.25) is 19.2 Å². The first-order chi connectivity index (χ1) is 11.1. The zero-order chi connectivity index (χ0) is 15.6. The van der Waals surface area contributed by atoms with Crippen LogP contribution in [0.5, 0.6) is 0 Å². The molecule has 6 heteroatoms. The lowest BCUT2D eigenvalue weighted by Crippen LogP contribution is -2.54. The maximum Gasteiger partial charge on any atom is 0.318 e. The normalized spacial score (nSPS) is 57.4. The second-order valence-electron chi connectivity index (χ2n) is 7.84. The van der Waals surface area contributed by atoms with Crippen molar-refractivity contribution in [2.24, 2.45) is 59.2 Å². The largest absolute Gasteiger partial charge is 0.393 e. The van der Waals surface area contributed by atoms with Gasteiger partial charge in [-0.2, -0.15) is 0 Å². The zero-order valence-corrected chi connectivity index (χ0v) is 12.1. The molecule has 10 unspecified atom stereocenters. The standard InChI is InChI=1S/C17H14O6/c18-14-10-4-1-2-5(11(10)15(19)22-14)9-7-3-6(8(4)9)12-13(7)17(21)23-16(12)20/h1-2,4-13H,3H2. The summed E-state index contributed by atoms with van der Waals surface area (Å²) in [4.78, 5) is 48.4. The minimum absolute atomic E-state index is 0.0478. The lowest BCUT2D eigenvalue weighted by molar-refractivity contribution is -0.155. The fourth-order valence-corrected chi connectivity index (χ4v) is 7.02. The van der Waals surface area contributed by atoms with Crippen molar-refractivity contribution in [3.05, 3.63) is 12.2 Å². The first-order valence-electron chi connectivity index (χ1n) is 8.27. The van der Waals surface area contributed by atoms with E-state index in [1.165, 1.54) is 0 Å². The van der Waals surface area contributed by atoms with E-state index in [4.69, 9.17) is 9.47 Å². The van der Waals surface area contributed by atoms with Crippen LogP contribution in [0.4, 0.5) is 0 Å². The quantitative estimate of drug-likeness (QED) is 0.363. The highest BCUT2D eigenvalue weighted by Gasteiger charge is 2.74. The summed E-state index contributed by atoms with van der Waals surface area (Å²) in [5.41, 5.74) is 0. The van der Waals surface area contributed by atoms with Crippen molar-refractivity contribution in [2.75, 3.05) is 0 Å². The molecule has 0 spiro atoms. The maximum atomic E-state index is 12.1. The Bertz CT molecular complexity index is 679. The minimum Gasteiger partial charge on any atom is -0.393 e. The van der Waals surface area contributed by atoms with Crippen molar-refractivity contribution in [3.8, 4) is 0 Å². The molecule has 7 rings (SSSR count). The lowest BCUT2D eigenvalue weighted by Gasteiger charge is -2.52. The number of cyclic esters (lactones) is 4. The van der Waals surface area contributed by atoms with Crippen molar-refractivity contribution >= 4 is 23.9 Å². The van der Waals surface area contributed by atoms with Gasteiger partial charge in [-0.25, -0.2) is 0 Å². The van der Waals surface area contributed by atoms with E-state index in [2.05, 4.69) is 0 Å². The molecule has 3 saturated carbocycles. The van der Waals surface area contributed by atoms with Crippen LogP contribution in [0.15, 0.2) is 12.2 Å². The second kappa shape index (κ2) is 3.57. The molecule has 2 aliphatic heterocycles. The summed E-state index contributed by atoms with van der Waals surface area (Å²) in [6.45, 7) is 0. The van der Waals surface area contributed by atoms with Crippen LogP contribution >= 0.6 is 0 Å². The van der Waals surface area contributed by atoms with Crippen molar-refractivity contribution in [3.63, 3.8) is 0 Å². The van der Waals surface area contributed by atoms with Crippen molar-refractivity contribution in [1.29, 1.82) is 0 Å². The van der Waals surface area contributed by atoms with Crippen LogP contribution in [0, 0.1) is 59.2 Å². The van der Waals surface area contributed by atoms with Gasteiger partial charge in [-0.1, -0.05) is 12.2 Å². The molecule has 0 radical (unpaired) electrons. The van der Waals surface area contributed by atoms with Gasteiger partial charge in [0, 0.05) is 0 Å². The van der Waals surface area contributed by atoms with E-state index in [1.54, 1.807) is 0 Å². The number of carbonyl (C=O) groups excluding carboxylic acids is 4. The monoisotopic (exact) mass is 314 g/mol. The van der Waals surface area contributed by atoms with Gasteiger partial charge >= 0.3 is 23.9 Å². The van der Waals surface area contributed by atoms with Gasteiger partial charge in [-0.05, 0) is 41.9 Å². The zero-order valence-electron chi connectivity index (χ0n) is 12.1. The van der Waals surface area contributed by atoms with Crippen molar-refractivity contribution in [2.45, 2.75) is 6.42 Å². The average Bonchev–Trinajstić information content (AvgIpc) is 3.24. The summed E-state index contributed by atoms with van der Waals surface area (Å²) < 4.78 is 9.79. The van der Waals surface area contributed by atoms with Crippen molar-refractivity contribution < 1.29 is 28.7 Å². The minimum atomic E-state index is -0.415. The molecule has 0 aromatic carbocycles. The number of carbonyl (C=O) groups is 4. The van der Waals surface area contributed by atoms with E-state index in [0.717, 1.165) is 6.42 Å². The molecule has 2 heterocycles. The number of fused-ring (bicyclic) bond motifs is 5. The van der Waals surface area contributed by atoms with Gasteiger partial charge in [0.1, 0.15) is 0 Å². The first-order valence-corrected chi connectivity index (χ1v) is 8.27.